The fourth-order valence-electron chi connectivity index (χ4n) is 2.03. The predicted octanol–water partition coefficient (Wildman–Crippen LogP) is 4.60. The van der Waals surface area contributed by atoms with Crippen LogP contribution in [-0.4, -0.2) is 19.1 Å². The summed E-state index contributed by atoms with van der Waals surface area (Å²) < 4.78 is 24.8. The maximum absolute atomic E-state index is 12.8. The highest BCUT2D eigenvalue weighted by atomic mass is 79.9. The summed E-state index contributed by atoms with van der Waals surface area (Å²) in [5.41, 5.74) is 1.29. The molecule has 128 valence electrons. The predicted molar refractivity (Wildman–Crippen MR) is 100 cm³/mol. The number of amides is 1. The van der Waals surface area contributed by atoms with Gasteiger partial charge >= 0.3 is 0 Å². The zero-order valence-electron chi connectivity index (χ0n) is 13.4. The minimum Gasteiger partial charge on any atom is -0.324 e. The van der Waals surface area contributed by atoms with Gasteiger partial charge in [-0.05, 0) is 62.7 Å². The molecule has 0 saturated carbocycles. The molecule has 0 unspecified atom stereocenters. The summed E-state index contributed by atoms with van der Waals surface area (Å²) in [4.78, 5) is 12.7. The molecule has 1 amide bonds. The highest BCUT2D eigenvalue weighted by Gasteiger charge is 2.42. The summed E-state index contributed by atoms with van der Waals surface area (Å²) in [6.45, 7) is 4.58. The number of benzene rings is 2. The van der Waals surface area contributed by atoms with Gasteiger partial charge in [-0.3, -0.25) is 4.79 Å². The molecular weight excluding hydrogens is 414 g/mol. The van der Waals surface area contributed by atoms with Crippen molar-refractivity contribution < 1.29 is 13.2 Å². The highest BCUT2D eigenvalue weighted by Crippen LogP contribution is 2.29. The Bertz CT molecular complexity index is 877. The van der Waals surface area contributed by atoms with Crippen LogP contribution in [0.15, 0.2) is 51.8 Å². The van der Waals surface area contributed by atoms with Gasteiger partial charge in [0.05, 0.1) is 4.90 Å². The van der Waals surface area contributed by atoms with E-state index in [4.69, 9.17) is 11.6 Å². The van der Waals surface area contributed by atoms with Crippen LogP contribution < -0.4 is 5.32 Å². The molecule has 4 nitrogen and oxygen atoms in total. The van der Waals surface area contributed by atoms with Crippen LogP contribution in [0, 0.1) is 6.92 Å². The number of aryl methyl sites for hydroxylation is 1. The largest absolute Gasteiger partial charge is 0.324 e. The van der Waals surface area contributed by atoms with E-state index >= 15 is 0 Å². The second-order valence-electron chi connectivity index (χ2n) is 5.88. The van der Waals surface area contributed by atoms with E-state index in [0.29, 0.717) is 10.7 Å². The summed E-state index contributed by atoms with van der Waals surface area (Å²) in [5.74, 6) is -0.615. The van der Waals surface area contributed by atoms with E-state index in [-0.39, 0.29) is 4.90 Å². The summed E-state index contributed by atoms with van der Waals surface area (Å²) in [5, 5.41) is 3.13. The van der Waals surface area contributed by atoms with Crippen LogP contribution in [0.5, 0.6) is 0 Å². The van der Waals surface area contributed by atoms with Gasteiger partial charge in [-0.25, -0.2) is 8.42 Å². The molecule has 0 aliphatic rings. The second-order valence-corrected chi connectivity index (χ2v) is 9.73. The average molecular weight is 431 g/mol. The number of carbonyl (C=O) groups is 1. The monoisotopic (exact) mass is 429 g/mol. The Morgan fingerprint density at radius 2 is 1.71 bits per heavy atom. The van der Waals surface area contributed by atoms with E-state index in [1.54, 1.807) is 30.3 Å². The van der Waals surface area contributed by atoms with Crippen LogP contribution in [-0.2, 0) is 14.6 Å². The molecule has 0 aliphatic heterocycles. The lowest BCUT2D eigenvalue weighted by molar-refractivity contribution is -0.117. The quantitative estimate of drug-likeness (QED) is 0.771. The first-order chi connectivity index (χ1) is 11.1. The van der Waals surface area contributed by atoms with Gasteiger partial charge in [0.1, 0.15) is 4.75 Å². The van der Waals surface area contributed by atoms with Gasteiger partial charge in [0.15, 0.2) is 9.84 Å². The Kier molecular flexibility index (Phi) is 5.42. The standard InChI is InChI=1S/C17H17BrClNO3S/c1-11-4-7-13(19)10-15(11)20-16(21)17(2,3)24(22,23)14-8-5-12(18)6-9-14/h4-10H,1-3H3,(H,20,21). The number of rotatable bonds is 4. The minimum atomic E-state index is -3.86. The Balaban J connectivity index is 2.36. The zero-order valence-corrected chi connectivity index (χ0v) is 16.6. The van der Waals surface area contributed by atoms with Crippen LogP contribution in [0.1, 0.15) is 19.4 Å². The Hall–Kier alpha value is -1.37. The maximum atomic E-state index is 12.8. The van der Waals surface area contributed by atoms with Gasteiger partial charge in [0.2, 0.25) is 5.91 Å². The molecule has 0 heterocycles. The molecule has 2 aromatic rings. The molecule has 7 heteroatoms. The van der Waals surface area contributed by atoms with Gasteiger partial charge in [0.25, 0.3) is 0 Å². The Morgan fingerprint density at radius 1 is 1.12 bits per heavy atom. The third kappa shape index (κ3) is 3.66. The van der Waals surface area contributed by atoms with Crippen LogP contribution in [0.25, 0.3) is 0 Å². The second kappa shape index (κ2) is 6.86. The minimum absolute atomic E-state index is 0.0914. The van der Waals surface area contributed by atoms with E-state index in [1.165, 1.54) is 26.0 Å². The average Bonchev–Trinajstić information content (AvgIpc) is 2.51. The number of sulfone groups is 1. The number of nitrogens with one attached hydrogen (secondary N) is 1. The first-order valence-electron chi connectivity index (χ1n) is 7.13. The summed E-state index contributed by atoms with van der Waals surface area (Å²) in [7, 11) is -3.86. The number of hydrogen-bond acceptors (Lipinski definition) is 3. The van der Waals surface area contributed by atoms with Gasteiger partial charge in [0, 0.05) is 15.2 Å². The van der Waals surface area contributed by atoms with Crippen molar-refractivity contribution in [2.45, 2.75) is 30.4 Å². The molecule has 0 spiro atoms. The molecule has 0 radical (unpaired) electrons. The third-order valence-electron chi connectivity index (χ3n) is 3.79. The molecule has 1 N–H and O–H groups in total. The van der Waals surface area contributed by atoms with Gasteiger partial charge in [-0.15, -0.1) is 0 Å². The number of carbonyl (C=O) groups excluding carboxylic acids is 1. The SMILES string of the molecule is Cc1ccc(Cl)cc1NC(=O)C(C)(C)S(=O)(=O)c1ccc(Br)cc1. The third-order valence-corrected chi connectivity index (χ3v) is 6.98. The molecule has 2 aromatic carbocycles. The molecule has 0 atom stereocenters. The van der Waals surface area contributed by atoms with E-state index in [9.17, 15) is 13.2 Å². The van der Waals surface area contributed by atoms with Crippen molar-refractivity contribution in [2.75, 3.05) is 5.32 Å². The normalized spacial score (nSPS) is 12.0. The lowest BCUT2D eigenvalue weighted by Crippen LogP contribution is -2.44. The van der Waals surface area contributed by atoms with Crippen molar-refractivity contribution >= 4 is 49.0 Å². The van der Waals surface area contributed by atoms with Crippen molar-refractivity contribution in [2.24, 2.45) is 0 Å². The van der Waals surface area contributed by atoms with Crippen molar-refractivity contribution in [1.29, 1.82) is 0 Å². The van der Waals surface area contributed by atoms with Crippen LogP contribution in [0.2, 0.25) is 5.02 Å². The molecule has 0 fully saturated rings. The Labute approximate surface area is 155 Å². The van der Waals surface area contributed by atoms with E-state index in [0.717, 1.165) is 10.0 Å². The lowest BCUT2D eigenvalue weighted by Gasteiger charge is -2.24. The topological polar surface area (TPSA) is 63.2 Å². The van der Waals surface area contributed by atoms with Crippen molar-refractivity contribution in [3.63, 3.8) is 0 Å². The van der Waals surface area contributed by atoms with Gasteiger partial charge < -0.3 is 5.32 Å². The lowest BCUT2D eigenvalue weighted by atomic mass is 10.1. The first kappa shape index (κ1) is 19.0. The summed E-state index contributed by atoms with van der Waals surface area (Å²) >= 11 is 9.21. The fraction of sp³-hybridized carbons (Fsp3) is 0.235. The van der Waals surface area contributed by atoms with E-state index < -0.39 is 20.5 Å². The van der Waals surface area contributed by atoms with Crippen LogP contribution in [0.4, 0.5) is 5.69 Å². The molecule has 0 saturated heterocycles. The maximum Gasteiger partial charge on any atom is 0.245 e. The zero-order chi connectivity index (χ0) is 18.1. The van der Waals surface area contributed by atoms with Crippen molar-refractivity contribution in [3.05, 3.63) is 57.5 Å². The van der Waals surface area contributed by atoms with Gasteiger partial charge in [-0.1, -0.05) is 33.6 Å². The van der Waals surface area contributed by atoms with Crippen LogP contribution in [0.3, 0.4) is 0 Å². The number of halogens is 2. The molecule has 24 heavy (non-hydrogen) atoms. The summed E-state index contributed by atoms with van der Waals surface area (Å²) in [6, 6.07) is 11.3. The van der Waals surface area contributed by atoms with Crippen LogP contribution >= 0.6 is 27.5 Å². The molecule has 0 aromatic heterocycles. The van der Waals surface area contributed by atoms with E-state index in [1.807, 2.05) is 6.92 Å². The van der Waals surface area contributed by atoms with Crippen molar-refractivity contribution in [3.8, 4) is 0 Å². The first-order valence-corrected chi connectivity index (χ1v) is 9.79. The molecular formula is C17H17BrClNO3S. The molecule has 0 aliphatic carbocycles. The number of anilines is 1. The fourth-order valence-corrected chi connectivity index (χ4v) is 3.85. The smallest absolute Gasteiger partial charge is 0.245 e. The Morgan fingerprint density at radius 3 is 2.29 bits per heavy atom. The van der Waals surface area contributed by atoms with Crippen molar-refractivity contribution in [1.82, 2.24) is 0 Å². The highest BCUT2D eigenvalue weighted by molar-refractivity contribution is 9.10. The summed E-state index contributed by atoms with van der Waals surface area (Å²) in [6.07, 6.45) is 0. The molecule has 2 rings (SSSR count). The number of hydrogen-bond donors (Lipinski definition) is 1. The van der Waals surface area contributed by atoms with Gasteiger partial charge in [-0.2, -0.15) is 0 Å². The molecule has 0 bridgehead atoms. The van der Waals surface area contributed by atoms with E-state index in [2.05, 4.69) is 21.2 Å².